The van der Waals surface area contributed by atoms with Gasteiger partial charge in [0.15, 0.2) is 0 Å². The largest absolute Gasteiger partial charge is 0.494 e. The van der Waals surface area contributed by atoms with Crippen LogP contribution in [0.3, 0.4) is 0 Å². The monoisotopic (exact) mass is 438 g/mol. The van der Waals surface area contributed by atoms with E-state index < -0.39 is 15.8 Å². The van der Waals surface area contributed by atoms with Gasteiger partial charge < -0.3 is 10.1 Å². The van der Waals surface area contributed by atoms with Gasteiger partial charge in [0.1, 0.15) is 11.6 Å². The molecule has 0 fully saturated rings. The fourth-order valence-electron chi connectivity index (χ4n) is 3.20. The molecule has 0 saturated carbocycles. The molecule has 6 nitrogen and oxygen atoms in total. The van der Waals surface area contributed by atoms with Crippen LogP contribution in [-0.2, 0) is 14.8 Å². The molecule has 158 valence electrons. The van der Waals surface area contributed by atoms with Crippen LogP contribution < -0.4 is 14.8 Å². The SMILES string of the molecule is CCOc1ccc(/C=C2/C(=O)Nc3ccc(S(=O)(=O)Nc4ccc(F)cc4)cc32)cc1. The second-order valence-corrected chi connectivity index (χ2v) is 8.52. The van der Waals surface area contributed by atoms with E-state index in [0.29, 0.717) is 23.4 Å². The molecule has 0 aromatic heterocycles. The van der Waals surface area contributed by atoms with Crippen molar-refractivity contribution in [3.63, 3.8) is 0 Å². The Labute approximate surface area is 179 Å². The van der Waals surface area contributed by atoms with Gasteiger partial charge in [0, 0.05) is 22.5 Å². The van der Waals surface area contributed by atoms with Crippen molar-refractivity contribution in [2.45, 2.75) is 11.8 Å². The van der Waals surface area contributed by atoms with E-state index in [9.17, 15) is 17.6 Å². The van der Waals surface area contributed by atoms with Crippen LogP contribution in [0.2, 0.25) is 0 Å². The predicted octanol–water partition coefficient (Wildman–Crippen LogP) is 4.52. The number of halogens is 1. The van der Waals surface area contributed by atoms with Gasteiger partial charge in [-0.05, 0) is 73.2 Å². The van der Waals surface area contributed by atoms with E-state index in [1.54, 1.807) is 24.3 Å². The first-order valence-electron chi connectivity index (χ1n) is 9.54. The van der Waals surface area contributed by atoms with E-state index in [1.165, 1.54) is 36.4 Å². The summed E-state index contributed by atoms with van der Waals surface area (Å²) in [6.45, 7) is 2.45. The lowest BCUT2D eigenvalue weighted by atomic mass is 10.0. The van der Waals surface area contributed by atoms with E-state index in [2.05, 4.69) is 10.0 Å². The summed E-state index contributed by atoms with van der Waals surface area (Å²) in [6.07, 6.45) is 1.70. The highest BCUT2D eigenvalue weighted by Crippen LogP contribution is 2.35. The number of nitrogens with one attached hydrogen (secondary N) is 2. The van der Waals surface area contributed by atoms with Gasteiger partial charge in [0.2, 0.25) is 0 Å². The maximum atomic E-state index is 13.1. The van der Waals surface area contributed by atoms with Crippen LogP contribution in [0.5, 0.6) is 5.75 Å². The smallest absolute Gasteiger partial charge is 0.261 e. The number of fused-ring (bicyclic) bond motifs is 1. The summed E-state index contributed by atoms with van der Waals surface area (Å²) in [6, 6.07) is 16.6. The van der Waals surface area contributed by atoms with Crippen molar-refractivity contribution in [1.82, 2.24) is 0 Å². The van der Waals surface area contributed by atoms with Gasteiger partial charge in [0.25, 0.3) is 15.9 Å². The Hall–Kier alpha value is -3.65. The van der Waals surface area contributed by atoms with Gasteiger partial charge in [-0.2, -0.15) is 0 Å². The summed E-state index contributed by atoms with van der Waals surface area (Å²) in [5.41, 5.74) is 2.39. The van der Waals surface area contributed by atoms with E-state index in [-0.39, 0.29) is 16.5 Å². The molecule has 3 aromatic carbocycles. The minimum Gasteiger partial charge on any atom is -0.494 e. The van der Waals surface area contributed by atoms with Crippen molar-refractivity contribution in [3.8, 4) is 5.75 Å². The van der Waals surface area contributed by atoms with Gasteiger partial charge in [-0.15, -0.1) is 0 Å². The molecule has 1 aliphatic rings. The first kappa shape index (κ1) is 20.6. The molecule has 0 saturated heterocycles. The molecule has 2 N–H and O–H groups in total. The number of hydrogen-bond acceptors (Lipinski definition) is 4. The number of ether oxygens (including phenoxy) is 1. The third-order valence-corrected chi connectivity index (χ3v) is 6.06. The molecule has 4 rings (SSSR count). The number of carbonyl (C=O) groups excluding carboxylic acids is 1. The number of hydrogen-bond donors (Lipinski definition) is 2. The number of benzene rings is 3. The minimum atomic E-state index is -3.93. The van der Waals surface area contributed by atoms with Crippen molar-refractivity contribution < 1.29 is 22.3 Å². The Bertz CT molecular complexity index is 1270. The second-order valence-electron chi connectivity index (χ2n) is 6.83. The highest BCUT2D eigenvalue weighted by Gasteiger charge is 2.26. The molecule has 31 heavy (non-hydrogen) atoms. The van der Waals surface area contributed by atoms with Crippen molar-refractivity contribution in [3.05, 3.63) is 83.7 Å². The molecule has 0 aliphatic carbocycles. The fourth-order valence-corrected chi connectivity index (χ4v) is 4.29. The zero-order valence-corrected chi connectivity index (χ0v) is 17.4. The van der Waals surface area contributed by atoms with Crippen molar-refractivity contribution >= 4 is 39.0 Å². The third kappa shape index (κ3) is 4.44. The van der Waals surface area contributed by atoms with Crippen LogP contribution in [-0.4, -0.2) is 20.9 Å². The second kappa shape index (κ2) is 8.23. The Morgan fingerprint density at radius 1 is 1.03 bits per heavy atom. The topological polar surface area (TPSA) is 84.5 Å². The Balaban J connectivity index is 1.66. The van der Waals surface area contributed by atoms with Crippen LogP contribution in [0.25, 0.3) is 11.6 Å². The maximum absolute atomic E-state index is 13.1. The molecular weight excluding hydrogens is 419 g/mol. The summed E-state index contributed by atoms with van der Waals surface area (Å²) in [5, 5.41) is 2.75. The summed E-state index contributed by atoms with van der Waals surface area (Å²) in [5.74, 6) is -0.0553. The fraction of sp³-hybridized carbons (Fsp3) is 0.0870. The van der Waals surface area contributed by atoms with Crippen LogP contribution in [0, 0.1) is 5.82 Å². The third-order valence-electron chi connectivity index (χ3n) is 4.68. The van der Waals surface area contributed by atoms with E-state index >= 15 is 0 Å². The molecule has 8 heteroatoms. The zero-order chi connectivity index (χ0) is 22.0. The number of anilines is 2. The van der Waals surface area contributed by atoms with Gasteiger partial charge >= 0.3 is 0 Å². The quantitative estimate of drug-likeness (QED) is 0.555. The summed E-state index contributed by atoms with van der Waals surface area (Å²) >= 11 is 0. The number of amides is 1. The molecule has 0 radical (unpaired) electrons. The van der Waals surface area contributed by atoms with Crippen LogP contribution in [0.15, 0.2) is 71.6 Å². The lowest BCUT2D eigenvalue weighted by molar-refractivity contribution is -0.110. The number of rotatable bonds is 6. The average molecular weight is 438 g/mol. The molecule has 1 heterocycles. The lowest BCUT2D eigenvalue weighted by Crippen LogP contribution is -2.13. The Morgan fingerprint density at radius 3 is 2.42 bits per heavy atom. The van der Waals surface area contributed by atoms with Gasteiger partial charge in [-0.25, -0.2) is 12.8 Å². The van der Waals surface area contributed by atoms with Gasteiger partial charge in [-0.1, -0.05) is 12.1 Å². The summed E-state index contributed by atoms with van der Waals surface area (Å²) in [7, 11) is -3.93. The maximum Gasteiger partial charge on any atom is 0.261 e. The van der Waals surface area contributed by atoms with E-state index in [0.717, 1.165) is 11.3 Å². The van der Waals surface area contributed by atoms with Crippen molar-refractivity contribution in [2.75, 3.05) is 16.6 Å². The Kier molecular flexibility index (Phi) is 5.48. The number of sulfonamides is 1. The molecule has 0 spiro atoms. The van der Waals surface area contributed by atoms with Crippen molar-refractivity contribution in [2.24, 2.45) is 0 Å². The zero-order valence-electron chi connectivity index (χ0n) is 16.6. The van der Waals surface area contributed by atoms with Crippen LogP contribution in [0.1, 0.15) is 18.1 Å². The minimum absolute atomic E-state index is 0.00957. The molecule has 1 amide bonds. The molecule has 0 bridgehead atoms. The highest BCUT2D eigenvalue weighted by molar-refractivity contribution is 7.92. The molecular formula is C23H19FN2O4S. The molecule has 0 unspecified atom stereocenters. The highest BCUT2D eigenvalue weighted by atomic mass is 32.2. The lowest BCUT2D eigenvalue weighted by Gasteiger charge is -2.09. The van der Waals surface area contributed by atoms with E-state index in [1.807, 2.05) is 19.1 Å². The molecule has 0 atom stereocenters. The van der Waals surface area contributed by atoms with Crippen molar-refractivity contribution in [1.29, 1.82) is 0 Å². The predicted molar refractivity (Wildman–Crippen MR) is 118 cm³/mol. The van der Waals surface area contributed by atoms with Crippen LogP contribution in [0.4, 0.5) is 15.8 Å². The summed E-state index contributed by atoms with van der Waals surface area (Å²) < 4.78 is 46.5. The van der Waals surface area contributed by atoms with Gasteiger partial charge in [0.05, 0.1) is 11.5 Å². The van der Waals surface area contributed by atoms with Crippen LogP contribution >= 0.6 is 0 Å². The molecule has 1 aliphatic heterocycles. The first-order valence-corrected chi connectivity index (χ1v) is 11.0. The van der Waals surface area contributed by atoms with E-state index in [4.69, 9.17) is 4.74 Å². The molecule has 3 aromatic rings. The van der Waals surface area contributed by atoms with Gasteiger partial charge in [-0.3, -0.25) is 9.52 Å². The summed E-state index contributed by atoms with van der Waals surface area (Å²) in [4.78, 5) is 12.5. The number of carbonyl (C=O) groups is 1. The Morgan fingerprint density at radius 2 is 1.74 bits per heavy atom. The normalized spacial score (nSPS) is 14.3. The standard InChI is InChI=1S/C23H19FN2O4S/c1-2-30-18-9-3-15(4-10-18)13-21-20-14-19(11-12-22(20)25-23(21)27)31(28,29)26-17-7-5-16(24)6-8-17/h3-14,26H,2H2,1H3,(H,25,27)/b21-13+. The average Bonchev–Trinajstić information content (AvgIpc) is 3.06. The first-order chi connectivity index (χ1) is 14.9.